The van der Waals surface area contributed by atoms with Crippen LogP contribution in [0.2, 0.25) is 0 Å². The Morgan fingerprint density at radius 2 is 1.92 bits per heavy atom. The smallest absolute Gasteiger partial charge is 0.159 e. The van der Waals surface area contributed by atoms with Crippen molar-refractivity contribution >= 4 is 11.5 Å². The number of nitrogens with zero attached hydrogens (tertiary/aromatic N) is 1. The van der Waals surface area contributed by atoms with Gasteiger partial charge in [0.1, 0.15) is 6.10 Å². The van der Waals surface area contributed by atoms with E-state index in [1.807, 2.05) is 12.2 Å². The average molecular weight is 545 g/mol. The number of anilines is 1. The minimum atomic E-state index is -0.319. The third kappa shape index (κ3) is 19.5. The van der Waals surface area contributed by atoms with Crippen molar-refractivity contribution in [2.24, 2.45) is 5.92 Å². The summed E-state index contributed by atoms with van der Waals surface area (Å²) >= 11 is 0. The lowest BCUT2D eigenvalue weighted by Crippen LogP contribution is -2.45. The summed E-state index contributed by atoms with van der Waals surface area (Å²) in [5, 5.41) is 3.52. The number of rotatable bonds is 14. The number of nitrogens with one attached hydrogen (secondary N) is 1. The van der Waals surface area contributed by atoms with Crippen molar-refractivity contribution in [2.45, 2.75) is 99.5 Å². The van der Waals surface area contributed by atoms with E-state index in [-0.39, 0.29) is 17.7 Å². The van der Waals surface area contributed by atoms with Crippen molar-refractivity contribution in [3.05, 3.63) is 66.0 Å². The standard InChI is InChI=1S/C15H22FNO2.C14H23N.C5H12/c1-12(6-4-5-7-13(2)16)10-17-8-9-19-15(11-17)14(3)18;1-4-6-7-10-15-14-11-13(5-2)9-8-12(14)3;1-4-5(2)3/h4,6,15H,1-2,5,7-11H2,3H3;8-9,11,15H,4-7,10H2,1-3H3;5H,4H2,1-3H3/b6-4-;;. The molecule has 0 amide bonds. The van der Waals surface area contributed by atoms with Crippen LogP contribution < -0.4 is 5.32 Å². The van der Waals surface area contributed by atoms with Crippen molar-refractivity contribution in [1.82, 2.24) is 4.90 Å². The Hall–Kier alpha value is -2.24. The number of hydrogen-bond donors (Lipinski definition) is 1. The number of carbonyl (C=O) groups excluding carboxylic acids is 1. The molecule has 2 rings (SSSR count). The summed E-state index contributed by atoms with van der Waals surface area (Å²) in [6, 6.07) is 6.70. The maximum Gasteiger partial charge on any atom is 0.159 e. The van der Waals surface area contributed by atoms with Gasteiger partial charge in [0.15, 0.2) is 5.78 Å². The number of carbonyl (C=O) groups is 1. The van der Waals surface area contributed by atoms with Crippen LogP contribution in [0.1, 0.15) is 91.2 Å². The molecule has 0 radical (unpaired) electrons. The molecule has 0 aromatic heterocycles. The number of allylic oxidation sites excluding steroid dienone is 2. The number of ketones is 1. The molecule has 1 unspecified atom stereocenters. The van der Waals surface area contributed by atoms with Crippen LogP contribution in [0.25, 0.3) is 0 Å². The van der Waals surface area contributed by atoms with E-state index in [0.717, 1.165) is 31.0 Å². The summed E-state index contributed by atoms with van der Waals surface area (Å²) in [6.45, 7) is 25.8. The Labute approximate surface area is 239 Å². The van der Waals surface area contributed by atoms with Crippen molar-refractivity contribution in [1.29, 1.82) is 0 Å². The second kappa shape index (κ2) is 22.6. The summed E-state index contributed by atoms with van der Waals surface area (Å²) in [7, 11) is 0. The van der Waals surface area contributed by atoms with Gasteiger partial charge in [-0.1, -0.05) is 91.3 Å². The van der Waals surface area contributed by atoms with Crippen LogP contribution in [0, 0.1) is 12.8 Å². The van der Waals surface area contributed by atoms with Crippen LogP contribution in [-0.2, 0) is 16.0 Å². The van der Waals surface area contributed by atoms with Gasteiger partial charge >= 0.3 is 0 Å². The molecule has 0 bridgehead atoms. The Bertz CT molecular complexity index is 863. The highest BCUT2D eigenvalue weighted by Gasteiger charge is 2.23. The van der Waals surface area contributed by atoms with Gasteiger partial charge in [-0.25, -0.2) is 4.39 Å². The minimum Gasteiger partial charge on any atom is -0.385 e. The summed E-state index contributed by atoms with van der Waals surface area (Å²) in [5.74, 6) is 0.648. The van der Waals surface area contributed by atoms with E-state index in [1.54, 1.807) is 6.92 Å². The van der Waals surface area contributed by atoms with Crippen molar-refractivity contribution in [3.63, 3.8) is 0 Å². The highest BCUT2D eigenvalue weighted by atomic mass is 19.1. The lowest BCUT2D eigenvalue weighted by molar-refractivity contribution is -0.133. The number of hydrogen-bond acceptors (Lipinski definition) is 4. The van der Waals surface area contributed by atoms with Gasteiger partial charge in [-0.05, 0) is 61.8 Å². The molecule has 39 heavy (non-hydrogen) atoms. The molecule has 1 atom stereocenters. The molecule has 0 saturated carbocycles. The van der Waals surface area contributed by atoms with Gasteiger partial charge in [0.05, 0.1) is 12.4 Å². The van der Waals surface area contributed by atoms with Gasteiger partial charge in [0.25, 0.3) is 0 Å². The van der Waals surface area contributed by atoms with Crippen LogP contribution in [0.4, 0.5) is 10.1 Å². The zero-order valence-corrected chi connectivity index (χ0v) is 26.1. The van der Waals surface area contributed by atoms with E-state index in [4.69, 9.17) is 4.74 Å². The molecular weight excluding hydrogens is 487 g/mol. The van der Waals surface area contributed by atoms with Crippen molar-refractivity contribution < 1.29 is 13.9 Å². The van der Waals surface area contributed by atoms with Gasteiger partial charge in [-0.3, -0.25) is 9.69 Å². The molecule has 0 spiro atoms. The first kappa shape index (κ1) is 36.8. The highest BCUT2D eigenvalue weighted by Crippen LogP contribution is 2.17. The minimum absolute atomic E-state index is 0.0623. The Morgan fingerprint density at radius 3 is 2.49 bits per heavy atom. The van der Waals surface area contributed by atoms with Crippen LogP contribution in [0.3, 0.4) is 0 Å². The predicted molar refractivity (Wildman–Crippen MR) is 168 cm³/mol. The lowest BCUT2D eigenvalue weighted by atomic mass is 10.1. The molecule has 4 nitrogen and oxygen atoms in total. The summed E-state index contributed by atoms with van der Waals surface area (Å²) in [5.41, 5.74) is 5.03. The number of morpholine rings is 1. The number of ether oxygens (including phenoxy) is 1. The fourth-order valence-electron chi connectivity index (χ4n) is 3.60. The number of Topliss-reactive ketones (excluding diaryl/α,β-unsaturated/α-hetero) is 1. The van der Waals surface area contributed by atoms with Crippen LogP contribution in [0.5, 0.6) is 0 Å². The second-order valence-electron chi connectivity index (χ2n) is 10.8. The molecule has 1 heterocycles. The number of unbranched alkanes of at least 4 members (excludes halogenated alkanes) is 2. The van der Waals surface area contributed by atoms with Gasteiger partial charge < -0.3 is 10.1 Å². The quantitative estimate of drug-likeness (QED) is 0.188. The Balaban J connectivity index is 0.000000643. The summed E-state index contributed by atoms with van der Waals surface area (Å²) < 4.78 is 17.8. The average Bonchev–Trinajstić information content (AvgIpc) is 2.90. The molecule has 5 heteroatoms. The normalized spacial score (nSPS) is 15.3. The Kier molecular flexibility index (Phi) is 21.3. The lowest BCUT2D eigenvalue weighted by Gasteiger charge is -2.31. The monoisotopic (exact) mass is 544 g/mol. The molecule has 1 aromatic carbocycles. The number of aryl methyl sites for hydroxylation is 2. The third-order valence-corrected chi connectivity index (χ3v) is 6.59. The highest BCUT2D eigenvalue weighted by molar-refractivity contribution is 5.80. The molecule has 1 aliphatic heterocycles. The number of halogens is 1. The van der Waals surface area contributed by atoms with Gasteiger partial charge in [-0.2, -0.15) is 0 Å². The van der Waals surface area contributed by atoms with Crippen LogP contribution in [-0.4, -0.2) is 49.6 Å². The maximum atomic E-state index is 12.4. The van der Waals surface area contributed by atoms with E-state index >= 15 is 0 Å². The molecule has 222 valence electrons. The first-order valence-corrected chi connectivity index (χ1v) is 14.9. The summed E-state index contributed by atoms with van der Waals surface area (Å²) in [6.07, 6.45) is 10.8. The van der Waals surface area contributed by atoms with Gasteiger partial charge in [0.2, 0.25) is 0 Å². The second-order valence-corrected chi connectivity index (χ2v) is 10.8. The zero-order valence-electron chi connectivity index (χ0n) is 26.1. The van der Waals surface area contributed by atoms with Gasteiger partial charge in [0, 0.05) is 38.3 Å². The van der Waals surface area contributed by atoms with E-state index in [2.05, 4.69) is 83.1 Å². The molecule has 1 N–H and O–H groups in total. The molecule has 1 aromatic rings. The van der Waals surface area contributed by atoms with E-state index in [1.165, 1.54) is 42.5 Å². The maximum absolute atomic E-state index is 12.4. The molecule has 1 aliphatic rings. The van der Waals surface area contributed by atoms with Crippen LogP contribution in [0.15, 0.2) is 54.9 Å². The van der Waals surface area contributed by atoms with E-state index < -0.39 is 0 Å². The predicted octanol–water partition coefficient (Wildman–Crippen LogP) is 8.86. The van der Waals surface area contributed by atoms with E-state index in [9.17, 15) is 9.18 Å². The third-order valence-electron chi connectivity index (χ3n) is 6.59. The fraction of sp³-hybridized carbons (Fsp3) is 0.618. The molecule has 1 fully saturated rings. The fourth-order valence-corrected chi connectivity index (χ4v) is 3.60. The topological polar surface area (TPSA) is 41.6 Å². The molecular formula is C34H57FN2O2. The largest absolute Gasteiger partial charge is 0.385 e. The number of benzene rings is 1. The summed E-state index contributed by atoms with van der Waals surface area (Å²) in [4.78, 5) is 13.4. The first-order valence-electron chi connectivity index (χ1n) is 14.9. The SMILES string of the molecule is C=C(F)CC/C=C\C(=C)CN1CCOC(C(C)=O)C1.CCC(C)C.CCCCCNc1cc(CC)ccc1C. The van der Waals surface area contributed by atoms with Crippen LogP contribution >= 0.6 is 0 Å². The molecule has 1 saturated heterocycles. The first-order chi connectivity index (χ1) is 18.5. The zero-order chi connectivity index (χ0) is 29.6. The van der Waals surface area contributed by atoms with Gasteiger partial charge in [-0.15, -0.1) is 0 Å². The van der Waals surface area contributed by atoms with E-state index in [0.29, 0.717) is 32.5 Å². The molecule has 0 aliphatic carbocycles. The van der Waals surface area contributed by atoms with Crippen molar-refractivity contribution in [3.8, 4) is 0 Å². The van der Waals surface area contributed by atoms with Crippen molar-refractivity contribution in [2.75, 3.05) is 38.1 Å². The Morgan fingerprint density at radius 1 is 1.23 bits per heavy atom.